The first-order chi connectivity index (χ1) is 29.2. The molecule has 0 atom stereocenters. The van der Waals surface area contributed by atoms with Gasteiger partial charge in [-0.2, -0.15) is 5.26 Å². The Morgan fingerprint density at radius 3 is 1.53 bits per heavy atom. The second-order valence-electron chi connectivity index (χ2n) is 14.9. The van der Waals surface area contributed by atoms with Crippen molar-refractivity contribution in [2.75, 3.05) is 0 Å². The Kier molecular flexibility index (Phi) is 8.17. The molecule has 4 nitrogen and oxygen atoms in total. The molecule has 0 saturated heterocycles. The van der Waals surface area contributed by atoms with Gasteiger partial charge in [0.05, 0.1) is 33.9 Å². The van der Waals surface area contributed by atoms with Crippen molar-refractivity contribution in [2.24, 2.45) is 0 Å². The summed E-state index contributed by atoms with van der Waals surface area (Å²) in [7, 11) is 0. The lowest BCUT2D eigenvalue weighted by molar-refractivity contribution is 1.01. The predicted molar refractivity (Wildman–Crippen MR) is 243 cm³/mol. The number of hydrogen-bond acceptors (Lipinski definition) is 3. The second-order valence-corrected chi connectivity index (χ2v) is 14.9. The molecule has 0 bridgehead atoms. The average Bonchev–Trinajstić information content (AvgIpc) is 3.63. The van der Waals surface area contributed by atoms with Crippen molar-refractivity contribution in [2.45, 2.75) is 0 Å². The number of rotatable bonds is 6. The summed E-state index contributed by atoms with van der Waals surface area (Å²) in [6.07, 6.45) is 0. The molecule has 0 unspecified atom stereocenters. The zero-order valence-corrected chi connectivity index (χ0v) is 31.9. The van der Waals surface area contributed by atoms with E-state index in [1.165, 1.54) is 10.9 Å². The van der Waals surface area contributed by atoms with Gasteiger partial charge in [-0.3, -0.25) is 4.57 Å². The fourth-order valence-electron chi connectivity index (χ4n) is 8.48. The van der Waals surface area contributed by atoms with Gasteiger partial charge in [0.2, 0.25) is 5.95 Å². The molecule has 0 aliphatic heterocycles. The van der Waals surface area contributed by atoms with Crippen molar-refractivity contribution in [3.8, 4) is 67.8 Å². The smallest absolute Gasteiger partial charge is 0.235 e. The quantitative estimate of drug-likeness (QED) is 0.170. The van der Waals surface area contributed by atoms with Crippen LogP contribution in [0.25, 0.3) is 105 Å². The fraction of sp³-hybridized carbons (Fsp3) is 0. The molecule has 9 aromatic carbocycles. The summed E-state index contributed by atoms with van der Waals surface area (Å²) >= 11 is 0. The van der Waals surface area contributed by atoms with E-state index >= 15 is 0 Å². The van der Waals surface area contributed by atoms with Gasteiger partial charge in [-0.05, 0) is 97.7 Å². The molecule has 59 heavy (non-hydrogen) atoms. The number of aromatic nitrogens is 3. The SMILES string of the molecule is N#Cc1ccc(-c2cc3c(-c4ccc(-c5ccccc5)cc4)nc(-n4c5ccccc5c5cc6ccccc6cc54)nc3cc2-c2ccc(-c3ccccc3)cc2)cc1. The Morgan fingerprint density at radius 2 is 0.881 bits per heavy atom. The van der Waals surface area contributed by atoms with Crippen LogP contribution in [0.3, 0.4) is 0 Å². The van der Waals surface area contributed by atoms with Gasteiger partial charge in [-0.25, -0.2) is 9.97 Å². The van der Waals surface area contributed by atoms with Crippen molar-refractivity contribution < 1.29 is 0 Å². The van der Waals surface area contributed by atoms with Gasteiger partial charge in [0.15, 0.2) is 0 Å². The first kappa shape index (κ1) is 34.1. The highest BCUT2D eigenvalue weighted by atomic mass is 15.2. The molecule has 0 saturated carbocycles. The van der Waals surface area contributed by atoms with Crippen LogP contribution in [0.1, 0.15) is 5.56 Å². The second kappa shape index (κ2) is 14.1. The summed E-state index contributed by atoms with van der Waals surface area (Å²) < 4.78 is 2.22. The minimum atomic E-state index is 0.609. The standard InChI is InChI=1S/C55H34N4/c56-35-36-19-21-41(22-20-36)47-33-50-51(34-48(47)42-27-23-39(24-28-42)37-11-3-1-4-12-37)57-55(58-54(50)43-29-25-40(26-30-43)38-13-5-2-6-14-38)59-52-18-10-9-17-46(52)49-31-44-15-7-8-16-45(44)32-53(49)59/h1-34H. The molecule has 0 fully saturated rings. The highest BCUT2D eigenvalue weighted by molar-refractivity contribution is 6.13. The maximum Gasteiger partial charge on any atom is 0.235 e. The number of hydrogen-bond donors (Lipinski definition) is 0. The van der Waals surface area contributed by atoms with Gasteiger partial charge < -0.3 is 0 Å². The molecule has 274 valence electrons. The van der Waals surface area contributed by atoms with E-state index in [1.807, 2.05) is 36.4 Å². The van der Waals surface area contributed by atoms with E-state index in [2.05, 4.69) is 180 Å². The normalized spacial score (nSPS) is 11.4. The lowest BCUT2D eigenvalue weighted by Gasteiger charge is -2.17. The Balaban J connectivity index is 1.19. The molecule has 0 amide bonds. The molecule has 0 N–H and O–H groups in total. The Bertz CT molecular complexity index is 3400. The molecular formula is C55H34N4. The zero-order chi connectivity index (χ0) is 39.3. The van der Waals surface area contributed by atoms with Crippen LogP contribution in [0, 0.1) is 11.3 Å². The number of benzene rings is 9. The summed E-state index contributed by atoms with van der Waals surface area (Å²) in [4.78, 5) is 11.0. The van der Waals surface area contributed by atoms with E-state index in [-0.39, 0.29) is 0 Å². The van der Waals surface area contributed by atoms with Gasteiger partial charge in [-0.15, -0.1) is 0 Å². The molecule has 0 radical (unpaired) electrons. The van der Waals surface area contributed by atoms with Crippen molar-refractivity contribution in [1.82, 2.24) is 14.5 Å². The van der Waals surface area contributed by atoms with Crippen molar-refractivity contribution in [3.05, 3.63) is 212 Å². The van der Waals surface area contributed by atoms with E-state index in [9.17, 15) is 5.26 Å². The molecule has 11 rings (SSSR count). The van der Waals surface area contributed by atoms with Crippen LogP contribution in [0.2, 0.25) is 0 Å². The largest absolute Gasteiger partial charge is 0.278 e. The van der Waals surface area contributed by atoms with Crippen LogP contribution in [0.15, 0.2) is 206 Å². The topological polar surface area (TPSA) is 54.5 Å². The van der Waals surface area contributed by atoms with Crippen molar-refractivity contribution >= 4 is 43.5 Å². The third-order valence-electron chi connectivity index (χ3n) is 11.5. The van der Waals surface area contributed by atoms with Gasteiger partial charge in [0, 0.05) is 21.7 Å². The molecule has 2 heterocycles. The van der Waals surface area contributed by atoms with E-state index in [0.717, 1.165) is 88.3 Å². The van der Waals surface area contributed by atoms with Crippen LogP contribution in [-0.2, 0) is 0 Å². The Hall–Kier alpha value is -8.13. The van der Waals surface area contributed by atoms with Crippen LogP contribution >= 0.6 is 0 Å². The first-order valence-electron chi connectivity index (χ1n) is 19.8. The maximum absolute atomic E-state index is 9.67. The van der Waals surface area contributed by atoms with E-state index in [1.54, 1.807) is 0 Å². The monoisotopic (exact) mass is 750 g/mol. The summed E-state index contributed by atoms with van der Waals surface area (Å²) in [5.74, 6) is 0.609. The Morgan fingerprint density at radius 1 is 0.373 bits per heavy atom. The van der Waals surface area contributed by atoms with Crippen LogP contribution in [0.4, 0.5) is 0 Å². The van der Waals surface area contributed by atoms with Gasteiger partial charge in [-0.1, -0.05) is 164 Å². The van der Waals surface area contributed by atoms with Gasteiger partial charge in [0.1, 0.15) is 0 Å². The van der Waals surface area contributed by atoms with E-state index in [0.29, 0.717) is 11.5 Å². The maximum atomic E-state index is 9.67. The lowest BCUT2D eigenvalue weighted by Crippen LogP contribution is -2.04. The zero-order valence-electron chi connectivity index (χ0n) is 31.9. The summed E-state index contributed by atoms with van der Waals surface area (Å²) in [6, 6.07) is 74.5. The minimum Gasteiger partial charge on any atom is -0.278 e. The minimum absolute atomic E-state index is 0.609. The van der Waals surface area contributed by atoms with Crippen LogP contribution in [-0.4, -0.2) is 14.5 Å². The number of fused-ring (bicyclic) bond motifs is 5. The highest BCUT2D eigenvalue weighted by Crippen LogP contribution is 2.41. The molecule has 0 aliphatic carbocycles. The predicted octanol–water partition coefficient (Wildman–Crippen LogP) is 14.1. The van der Waals surface area contributed by atoms with Gasteiger partial charge >= 0.3 is 0 Å². The van der Waals surface area contributed by atoms with E-state index < -0.39 is 0 Å². The highest BCUT2D eigenvalue weighted by Gasteiger charge is 2.20. The van der Waals surface area contributed by atoms with Gasteiger partial charge in [0.25, 0.3) is 0 Å². The molecule has 11 aromatic rings. The number of para-hydroxylation sites is 1. The number of nitrogens with zero attached hydrogens (tertiary/aromatic N) is 4. The summed E-state index contributed by atoms with van der Waals surface area (Å²) in [5.41, 5.74) is 14.2. The lowest BCUT2D eigenvalue weighted by atomic mass is 9.90. The molecule has 0 spiro atoms. The molecule has 2 aromatic heterocycles. The Labute approximate surface area is 341 Å². The first-order valence-corrected chi connectivity index (χ1v) is 19.8. The summed E-state index contributed by atoms with van der Waals surface area (Å²) in [5, 5.41) is 15.3. The third-order valence-corrected chi connectivity index (χ3v) is 11.5. The average molecular weight is 751 g/mol. The molecule has 4 heteroatoms. The molecule has 0 aliphatic rings. The van der Waals surface area contributed by atoms with Crippen molar-refractivity contribution in [1.29, 1.82) is 5.26 Å². The van der Waals surface area contributed by atoms with E-state index in [4.69, 9.17) is 9.97 Å². The van der Waals surface area contributed by atoms with Crippen molar-refractivity contribution in [3.63, 3.8) is 0 Å². The summed E-state index contributed by atoms with van der Waals surface area (Å²) in [6.45, 7) is 0. The fourth-order valence-corrected chi connectivity index (χ4v) is 8.48. The van der Waals surface area contributed by atoms with Crippen LogP contribution in [0.5, 0.6) is 0 Å². The van der Waals surface area contributed by atoms with Crippen LogP contribution < -0.4 is 0 Å². The third kappa shape index (κ3) is 6.01. The number of nitriles is 1. The molecular weight excluding hydrogens is 717 g/mol.